The smallest absolute Gasteiger partial charge is 0.271 e. The van der Waals surface area contributed by atoms with Gasteiger partial charge in [-0.25, -0.2) is 4.99 Å². The lowest BCUT2D eigenvalue weighted by Gasteiger charge is -1.96. The molecular formula is C8H8ClN3O2. The molecule has 0 spiro atoms. The van der Waals surface area contributed by atoms with Crippen molar-refractivity contribution in [2.75, 3.05) is 5.88 Å². The van der Waals surface area contributed by atoms with Gasteiger partial charge in [-0.1, -0.05) is 6.07 Å². The summed E-state index contributed by atoms with van der Waals surface area (Å²) in [4.78, 5) is 13.8. The maximum atomic E-state index is 10.4. The lowest BCUT2D eigenvalue weighted by molar-refractivity contribution is -0.384. The molecule has 1 aromatic rings. The van der Waals surface area contributed by atoms with Crippen molar-refractivity contribution in [3.63, 3.8) is 0 Å². The van der Waals surface area contributed by atoms with Gasteiger partial charge in [0.1, 0.15) is 5.84 Å². The van der Waals surface area contributed by atoms with Crippen LogP contribution in [0.4, 0.5) is 11.4 Å². The number of alkyl halides is 1. The second-order valence-electron chi connectivity index (χ2n) is 2.51. The van der Waals surface area contributed by atoms with Gasteiger partial charge in [-0.15, -0.1) is 11.6 Å². The van der Waals surface area contributed by atoms with Gasteiger partial charge in [0.25, 0.3) is 5.69 Å². The van der Waals surface area contributed by atoms with Crippen LogP contribution in [-0.2, 0) is 0 Å². The molecule has 6 heteroatoms. The Bertz CT molecular complexity index is 379. The van der Waals surface area contributed by atoms with E-state index in [9.17, 15) is 10.1 Å². The Morgan fingerprint density at radius 1 is 1.64 bits per heavy atom. The number of hydrogen-bond donors (Lipinski definition) is 1. The van der Waals surface area contributed by atoms with Gasteiger partial charge >= 0.3 is 0 Å². The first-order valence-corrected chi connectivity index (χ1v) is 4.30. The van der Waals surface area contributed by atoms with E-state index in [2.05, 4.69) is 4.99 Å². The highest BCUT2D eigenvalue weighted by Gasteiger charge is 2.04. The Labute approximate surface area is 85.4 Å². The Morgan fingerprint density at radius 3 is 2.93 bits per heavy atom. The van der Waals surface area contributed by atoms with Crippen LogP contribution in [0.3, 0.4) is 0 Å². The molecule has 2 N–H and O–H groups in total. The molecule has 0 aliphatic carbocycles. The zero-order valence-corrected chi connectivity index (χ0v) is 7.94. The topological polar surface area (TPSA) is 81.5 Å². The molecule has 5 nitrogen and oxygen atoms in total. The number of hydrogen-bond acceptors (Lipinski definition) is 3. The standard InChI is InChI=1S/C8H8ClN3O2/c9-5-8(10)11-6-2-1-3-7(4-6)12(13)14/h1-4H,5H2,(H2,10,11). The summed E-state index contributed by atoms with van der Waals surface area (Å²) in [5, 5.41) is 10.4. The third kappa shape index (κ3) is 2.70. The van der Waals surface area contributed by atoms with Crippen LogP contribution < -0.4 is 5.73 Å². The first-order valence-electron chi connectivity index (χ1n) is 3.77. The number of halogens is 1. The van der Waals surface area contributed by atoms with Gasteiger partial charge in [0.2, 0.25) is 0 Å². The fraction of sp³-hybridized carbons (Fsp3) is 0.125. The van der Waals surface area contributed by atoms with Crippen molar-refractivity contribution in [3.8, 4) is 0 Å². The molecule has 0 amide bonds. The Kier molecular flexibility index (Phi) is 3.41. The molecule has 0 radical (unpaired) electrons. The van der Waals surface area contributed by atoms with Gasteiger partial charge in [-0.05, 0) is 6.07 Å². The summed E-state index contributed by atoms with van der Waals surface area (Å²) in [6, 6.07) is 5.88. The fourth-order valence-electron chi connectivity index (χ4n) is 0.872. The van der Waals surface area contributed by atoms with Crippen LogP contribution in [0.5, 0.6) is 0 Å². The predicted molar refractivity (Wildman–Crippen MR) is 55.1 cm³/mol. The molecular weight excluding hydrogens is 206 g/mol. The summed E-state index contributed by atoms with van der Waals surface area (Å²) in [5.74, 6) is 0.329. The van der Waals surface area contributed by atoms with E-state index in [1.165, 1.54) is 12.1 Å². The van der Waals surface area contributed by atoms with E-state index in [0.717, 1.165) is 0 Å². The summed E-state index contributed by atoms with van der Waals surface area (Å²) in [6.45, 7) is 0. The summed E-state index contributed by atoms with van der Waals surface area (Å²) in [7, 11) is 0. The quantitative estimate of drug-likeness (QED) is 0.273. The van der Waals surface area contributed by atoms with Crippen molar-refractivity contribution in [1.29, 1.82) is 0 Å². The van der Waals surface area contributed by atoms with E-state index in [0.29, 0.717) is 5.69 Å². The Morgan fingerprint density at radius 2 is 2.36 bits per heavy atom. The fourth-order valence-corrected chi connectivity index (χ4v) is 0.932. The second-order valence-corrected chi connectivity index (χ2v) is 2.78. The lowest BCUT2D eigenvalue weighted by Crippen LogP contribution is -2.12. The third-order valence-corrected chi connectivity index (χ3v) is 1.72. The molecule has 0 saturated carbocycles. The summed E-state index contributed by atoms with van der Waals surface area (Å²) < 4.78 is 0. The average molecular weight is 214 g/mol. The molecule has 0 atom stereocenters. The molecule has 0 saturated heterocycles. The molecule has 1 rings (SSSR count). The second kappa shape index (κ2) is 4.57. The number of aliphatic imine (C=N–C) groups is 1. The molecule has 0 fully saturated rings. The Balaban J connectivity index is 3.00. The summed E-state index contributed by atoms with van der Waals surface area (Å²) >= 11 is 5.41. The Hall–Kier alpha value is -1.62. The van der Waals surface area contributed by atoms with Crippen molar-refractivity contribution < 1.29 is 4.92 Å². The van der Waals surface area contributed by atoms with E-state index >= 15 is 0 Å². The minimum atomic E-state index is -0.490. The van der Waals surface area contributed by atoms with Crippen molar-refractivity contribution in [3.05, 3.63) is 34.4 Å². The zero-order valence-electron chi connectivity index (χ0n) is 7.18. The number of non-ortho nitro benzene ring substituents is 1. The number of rotatable bonds is 3. The van der Waals surface area contributed by atoms with Gasteiger partial charge in [-0.2, -0.15) is 0 Å². The number of nitro benzene ring substituents is 1. The average Bonchev–Trinajstić information content (AvgIpc) is 2.18. The molecule has 0 aliphatic rings. The van der Waals surface area contributed by atoms with E-state index in [1.54, 1.807) is 12.1 Å². The van der Waals surface area contributed by atoms with E-state index in [4.69, 9.17) is 17.3 Å². The number of nitrogens with zero attached hydrogens (tertiary/aromatic N) is 2. The zero-order chi connectivity index (χ0) is 10.6. The maximum Gasteiger partial charge on any atom is 0.271 e. The highest BCUT2D eigenvalue weighted by atomic mass is 35.5. The van der Waals surface area contributed by atoms with E-state index in [1.807, 2.05) is 0 Å². The van der Waals surface area contributed by atoms with Gasteiger partial charge in [-0.3, -0.25) is 10.1 Å². The predicted octanol–water partition coefficient (Wildman–Crippen LogP) is 1.82. The van der Waals surface area contributed by atoms with Crippen molar-refractivity contribution in [2.24, 2.45) is 10.7 Å². The molecule has 1 aromatic carbocycles. The van der Waals surface area contributed by atoms with Crippen LogP contribution in [0.2, 0.25) is 0 Å². The van der Waals surface area contributed by atoms with Crippen LogP contribution in [0.1, 0.15) is 0 Å². The van der Waals surface area contributed by atoms with Gasteiger partial charge in [0.15, 0.2) is 0 Å². The molecule has 74 valence electrons. The van der Waals surface area contributed by atoms with E-state index < -0.39 is 4.92 Å². The first-order chi connectivity index (χ1) is 6.63. The minimum absolute atomic E-state index is 0.0198. The molecule has 0 bridgehead atoms. The molecule has 0 aliphatic heterocycles. The molecule has 0 aromatic heterocycles. The van der Waals surface area contributed by atoms with Gasteiger partial charge in [0.05, 0.1) is 16.5 Å². The van der Waals surface area contributed by atoms with Crippen LogP contribution in [0.25, 0.3) is 0 Å². The highest BCUT2D eigenvalue weighted by Crippen LogP contribution is 2.19. The van der Waals surface area contributed by atoms with Crippen molar-refractivity contribution in [1.82, 2.24) is 0 Å². The SMILES string of the molecule is NC(CCl)=Nc1cccc([N+](=O)[O-])c1. The van der Waals surface area contributed by atoms with E-state index in [-0.39, 0.29) is 17.4 Å². The van der Waals surface area contributed by atoms with Crippen molar-refractivity contribution >= 4 is 28.8 Å². The molecule has 0 heterocycles. The number of nitrogens with two attached hydrogens (primary N) is 1. The largest absolute Gasteiger partial charge is 0.386 e. The third-order valence-electron chi connectivity index (χ3n) is 1.45. The summed E-state index contributed by atoms with van der Waals surface area (Å²) in [5.41, 5.74) is 5.79. The van der Waals surface area contributed by atoms with Crippen LogP contribution in [-0.4, -0.2) is 16.6 Å². The van der Waals surface area contributed by atoms with Gasteiger partial charge < -0.3 is 5.73 Å². The van der Waals surface area contributed by atoms with Gasteiger partial charge in [0, 0.05) is 12.1 Å². The molecule has 14 heavy (non-hydrogen) atoms. The highest BCUT2D eigenvalue weighted by molar-refractivity contribution is 6.28. The summed E-state index contributed by atoms with van der Waals surface area (Å²) in [6.07, 6.45) is 0. The van der Waals surface area contributed by atoms with Crippen LogP contribution >= 0.6 is 11.6 Å². The normalized spacial score (nSPS) is 11.4. The number of amidine groups is 1. The monoisotopic (exact) mass is 213 g/mol. The van der Waals surface area contributed by atoms with Crippen molar-refractivity contribution in [2.45, 2.75) is 0 Å². The minimum Gasteiger partial charge on any atom is -0.386 e. The molecule has 0 unspecified atom stereocenters. The van der Waals surface area contributed by atoms with Crippen LogP contribution in [0, 0.1) is 10.1 Å². The number of benzene rings is 1. The van der Waals surface area contributed by atoms with Crippen LogP contribution in [0.15, 0.2) is 29.3 Å². The number of nitro groups is 1. The first kappa shape index (κ1) is 10.5. The lowest BCUT2D eigenvalue weighted by atomic mass is 10.3. The maximum absolute atomic E-state index is 10.4.